The van der Waals surface area contributed by atoms with Crippen molar-refractivity contribution >= 4 is 30.4 Å². The third-order valence-corrected chi connectivity index (χ3v) is 2.13. The second-order valence-electron chi connectivity index (χ2n) is 2.13. The van der Waals surface area contributed by atoms with Gasteiger partial charge in [-0.15, -0.1) is 24.4 Å². The zero-order valence-electron chi connectivity index (χ0n) is 6.33. The zero-order valence-corrected chi connectivity index (χ0v) is 8.04. The molecule has 0 aliphatic carbocycles. The van der Waals surface area contributed by atoms with Gasteiger partial charge in [-0.1, -0.05) is 13.8 Å². The van der Waals surface area contributed by atoms with Crippen molar-refractivity contribution in [1.82, 2.24) is 0 Å². The number of esters is 1. The predicted molar refractivity (Wildman–Crippen MR) is 47.2 cm³/mol. The maximum absolute atomic E-state index is 10.8. The largest absolute Gasteiger partial charge is 0.441 e. The molecular formula is C6H12O2S2. The third kappa shape index (κ3) is 4.06. The molecule has 0 rings (SSSR count). The second-order valence-corrected chi connectivity index (χ2v) is 3.85. The molecule has 0 radical (unpaired) electrons. The van der Waals surface area contributed by atoms with Crippen molar-refractivity contribution in [3.05, 3.63) is 0 Å². The van der Waals surface area contributed by atoms with Gasteiger partial charge in [0.1, 0.15) is 0 Å². The second kappa shape index (κ2) is 4.91. The van der Waals surface area contributed by atoms with Crippen LogP contribution in [0.2, 0.25) is 0 Å². The van der Waals surface area contributed by atoms with Gasteiger partial charge in [-0.2, -0.15) is 0 Å². The molecule has 60 valence electrons. The molecule has 0 spiro atoms. The first kappa shape index (κ1) is 10.2. The molecule has 4 heteroatoms. The summed E-state index contributed by atoms with van der Waals surface area (Å²) in [4.78, 5) is 10.8. The van der Waals surface area contributed by atoms with Gasteiger partial charge in [-0.05, 0) is 6.26 Å². The molecule has 2 nitrogen and oxygen atoms in total. The van der Waals surface area contributed by atoms with Gasteiger partial charge < -0.3 is 4.74 Å². The highest BCUT2D eigenvalue weighted by atomic mass is 32.2. The van der Waals surface area contributed by atoms with Gasteiger partial charge in [0, 0.05) is 0 Å². The fourth-order valence-corrected chi connectivity index (χ4v) is 0.579. The summed E-state index contributed by atoms with van der Waals surface area (Å²) in [6.45, 7) is 3.59. The van der Waals surface area contributed by atoms with Crippen LogP contribution >= 0.6 is 24.4 Å². The first-order valence-electron chi connectivity index (χ1n) is 2.99. The summed E-state index contributed by atoms with van der Waals surface area (Å²) in [7, 11) is 0. The molecule has 0 heterocycles. The van der Waals surface area contributed by atoms with Crippen molar-refractivity contribution < 1.29 is 9.53 Å². The summed E-state index contributed by atoms with van der Waals surface area (Å²) in [5.41, 5.74) is 0. The van der Waals surface area contributed by atoms with Gasteiger partial charge in [-0.3, -0.25) is 4.79 Å². The smallest absolute Gasteiger partial charge is 0.310 e. The Labute approximate surface area is 71.1 Å². The molecule has 0 saturated carbocycles. The topological polar surface area (TPSA) is 26.3 Å². The molecule has 0 amide bonds. The molecule has 0 aliphatic heterocycles. The molecule has 0 fully saturated rings. The van der Waals surface area contributed by atoms with Crippen molar-refractivity contribution in [2.45, 2.75) is 18.6 Å². The normalized spacial score (nSPS) is 13.3. The van der Waals surface area contributed by atoms with Crippen LogP contribution in [0.4, 0.5) is 0 Å². The Morgan fingerprint density at radius 3 is 2.40 bits per heavy atom. The number of carbonyl (C=O) groups is 1. The highest BCUT2D eigenvalue weighted by Gasteiger charge is 2.11. The minimum atomic E-state index is -0.324. The number of hydrogen-bond donors (Lipinski definition) is 1. The van der Waals surface area contributed by atoms with Crippen molar-refractivity contribution in [2.75, 3.05) is 6.26 Å². The van der Waals surface area contributed by atoms with E-state index in [0.717, 1.165) is 0 Å². The Hall–Kier alpha value is 0.170. The van der Waals surface area contributed by atoms with Gasteiger partial charge in [0.05, 0.1) is 5.92 Å². The molecule has 1 atom stereocenters. The molecule has 1 unspecified atom stereocenters. The number of hydrogen-bond acceptors (Lipinski definition) is 4. The number of ether oxygens (including phenoxy) is 1. The van der Waals surface area contributed by atoms with E-state index in [4.69, 9.17) is 4.74 Å². The van der Waals surface area contributed by atoms with Crippen LogP contribution in [0, 0.1) is 5.92 Å². The molecule has 0 aromatic carbocycles. The number of carbonyl (C=O) groups excluding carboxylic acids is 1. The van der Waals surface area contributed by atoms with Gasteiger partial charge in [0.2, 0.25) is 0 Å². The van der Waals surface area contributed by atoms with E-state index in [2.05, 4.69) is 12.6 Å². The van der Waals surface area contributed by atoms with E-state index in [9.17, 15) is 4.79 Å². The van der Waals surface area contributed by atoms with Crippen molar-refractivity contribution in [3.8, 4) is 0 Å². The van der Waals surface area contributed by atoms with E-state index in [1.165, 1.54) is 11.8 Å². The highest BCUT2D eigenvalue weighted by molar-refractivity contribution is 8.09. The van der Waals surface area contributed by atoms with Crippen LogP contribution in [0.3, 0.4) is 0 Å². The van der Waals surface area contributed by atoms with Crippen molar-refractivity contribution in [3.63, 3.8) is 0 Å². The summed E-state index contributed by atoms with van der Waals surface area (Å²) < 4.78 is 4.52. The SMILES string of the molecule is CSC(S)OC(=O)C(C)C. The monoisotopic (exact) mass is 180 g/mol. The van der Waals surface area contributed by atoms with E-state index in [1.807, 2.05) is 6.26 Å². The van der Waals surface area contributed by atoms with Crippen molar-refractivity contribution in [2.24, 2.45) is 5.92 Å². The van der Waals surface area contributed by atoms with Gasteiger partial charge >= 0.3 is 5.97 Å². The van der Waals surface area contributed by atoms with Crippen LogP contribution in [-0.2, 0) is 9.53 Å². The van der Waals surface area contributed by atoms with Crippen LogP contribution < -0.4 is 0 Å². The van der Waals surface area contributed by atoms with E-state index in [0.29, 0.717) is 0 Å². The van der Waals surface area contributed by atoms with E-state index < -0.39 is 0 Å². The number of thioether (sulfide) groups is 1. The zero-order chi connectivity index (χ0) is 8.15. The van der Waals surface area contributed by atoms with E-state index >= 15 is 0 Å². The lowest BCUT2D eigenvalue weighted by atomic mass is 10.2. The molecule has 0 aliphatic rings. The van der Waals surface area contributed by atoms with Crippen LogP contribution in [-0.4, -0.2) is 17.0 Å². The van der Waals surface area contributed by atoms with E-state index in [1.54, 1.807) is 13.8 Å². The van der Waals surface area contributed by atoms with Crippen LogP contribution in [0.25, 0.3) is 0 Å². The summed E-state index contributed by atoms with van der Waals surface area (Å²) in [6.07, 6.45) is 1.84. The fourth-order valence-electron chi connectivity index (χ4n) is 0.284. The molecule has 0 aromatic rings. The molecule has 0 saturated heterocycles. The first-order chi connectivity index (χ1) is 4.57. The lowest BCUT2D eigenvalue weighted by Crippen LogP contribution is -2.14. The Kier molecular flexibility index (Phi) is 4.99. The maximum atomic E-state index is 10.8. The Balaban J connectivity index is 3.57. The molecule has 0 bridgehead atoms. The number of thiol groups is 1. The van der Waals surface area contributed by atoms with Gasteiger partial charge in [0.15, 0.2) is 4.77 Å². The average Bonchev–Trinajstić information content (AvgIpc) is 1.87. The number of rotatable bonds is 3. The molecule has 0 N–H and O–H groups in total. The molecule has 10 heavy (non-hydrogen) atoms. The predicted octanol–water partition coefficient (Wildman–Crippen LogP) is 1.76. The molecular weight excluding hydrogens is 168 g/mol. The summed E-state index contributed by atoms with van der Waals surface area (Å²) >= 11 is 5.38. The minimum Gasteiger partial charge on any atom is -0.441 e. The maximum Gasteiger partial charge on any atom is 0.310 e. The fraction of sp³-hybridized carbons (Fsp3) is 0.833. The Morgan fingerprint density at radius 1 is 1.60 bits per heavy atom. The van der Waals surface area contributed by atoms with Gasteiger partial charge in [-0.25, -0.2) is 0 Å². The van der Waals surface area contributed by atoms with Crippen molar-refractivity contribution in [1.29, 1.82) is 0 Å². The third-order valence-electron chi connectivity index (χ3n) is 0.890. The van der Waals surface area contributed by atoms with Crippen LogP contribution in [0.1, 0.15) is 13.8 Å². The van der Waals surface area contributed by atoms with Crippen LogP contribution in [0.5, 0.6) is 0 Å². The lowest BCUT2D eigenvalue weighted by molar-refractivity contribution is -0.146. The van der Waals surface area contributed by atoms with E-state index in [-0.39, 0.29) is 16.7 Å². The minimum absolute atomic E-state index is 0.0678. The first-order valence-corrected chi connectivity index (χ1v) is 4.79. The summed E-state index contributed by atoms with van der Waals surface area (Å²) in [6, 6.07) is 0. The standard InChI is InChI=1S/C6H12O2S2/c1-4(2)5(7)8-6(9)10-3/h4,6,9H,1-3H3. The Bertz CT molecular complexity index is 114. The molecule has 0 aromatic heterocycles. The highest BCUT2D eigenvalue weighted by Crippen LogP contribution is 2.13. The lowest BCUT2D eigenvalue weighted by Gasteiger charge is -2.10. The Morgan fingerprint density at radius 2 is 2.10 bits per heavy atom. The van der Waals surface area contributed by atoms with Gasteiger partial charge in [0.25, 0.3) is 0 Å². The average molecular weight is 180 g/mol. The summed E-state index contributed by atoms with van der Waals surface area (Å²) in [5.74, 6) is -0.267. The quantitative estimate of drug-likeness (QED) is 0.407. The summed E-state index contributed by atoms with van der Waals surface area (Å²) in [5, 5.41) is 0. The van der Waals surface area contributed by atoms with Crippen LogP contribution in [0.15, 0.2) is 0 Å².